The predicted octanol–water partition coefficient (Wildman–Crippen LogP) is 1.76. The SMILES string of the molecule is CN1CCC(CNC(=O)CCCOc2ccccc2)(N2CCOCC2)CC1. The van der Waals surface area contributed by atoms with Crippen LogP contribution in [0, 0.1) is 0 Å². The van der Waals surface area contributed by atoms with Gasteiger partial charge in [-0.15, -0.1) is 0 Å². The van der Waals surface area contributed by atoms with Gasteiger partial charge in [0, 0.05) is 31.6 Å². The fourth-order valence-corrected chi connectivity index (χ4v) is 3.97. The normalized spacial score (nSPS) is 20.9. The van der Waals surface area contributed by atoms with Crippen molar-refractivity contribution in [2.24, 2.45) is 0 Å². The summed E-state index contributed by atoms with van der Waals surface area (Å²) in [4.78, 5) is 17.3. The van der Waals surface area contributed by atoms with Gasteiger partial charge in [0.05, 0.1) is 19.8 Å². The van der Waals surface area contributed by atoms with Crippen LogP contribution in [-0.2, 0) is 9.53 Å². The molecule has 0 radical (unpaired) electrons. The summed E-state index contributed by atoms with van der Waals surface area (Å²) in [5, 5.41) is 3.21. The number of carbonyl (C=O) groups excluding carboxylic acids is 1. The minimum absolute atomic E-state index is 0.0759. The Morgan fingerprint density at radius 2 is 1.85 bits per heavy atom. The summed E-state index contributed by atoms with van der Waals surface area (Å²) in [5.74, 6) is 0.980. The maximum atomic E-state index is 12.4. The second-order valence-corrected chi connectivity index (χ2v) is 7.67. The van der Waals surface area contributed by atoms with Gasteiger partial charge in [-0.3, -0.25) is 9.69 Å². The zero-order valence-electron chi connectivity index (χ0n) is 16.5. The van der Waals surface area contributed by atoms with Gasteiger partial charge in [0.2, 0.25) is 5.91 Å². The Balaban J connectivity index is 1.43. The van der Waals surface area contributed by atoms with E-state index in [4.69, 9.17) is 9.47 Å². The summed E-state index contributed by atoms with van der Waals surface area (Å²) < 4.78 is 11.2. The van der Waals surface area contributed by atoms with Crippen molar-refractivity contribution >= 4 is 5.91 Å². The van der Waals surface area contributed by atoms with Gasteiger partial charge in [0.25, 0.3) is 0 Å². The number of nitrogens with one attached hydrogen (secondary N) is 1. The summed E-state index contributed by atoms with van der Waals surface area (Å²) in [6, 6.07) is 9.75. The van der Waals surface area contributed by atoms with Gasteiger partial charge >= 0.3 is 0 Å². The third-order valence-corrected chi connectivity index (χ3v) is 5.77. The molecule has 0 atom stereocenters. The molecule has 2 heterocycles. The highest BCUT2D eigenvalue weighted by Crippen LogP contribution is 2.29. The molecule has 1 N–H and O–H groups in total. The number of ether oxygens (including phenoxy) is 2. The van der Waals surface area contributed by atoms with Crippen molar-refractivity contribution in [3.8, 4) is 5.75 Å². The molecule has 0 spiro atoms. The van der Waals surface area contributed by atoms with Gasteiger partial charge in [-0.2, -0.15) is 0 Å². The van der Waals surface area contributed by atoms with Crippen LogP contribution in [0.1, 0.15) is 25.7 Å². The van der Waals surface area contributed by atoms with Crippen LogP contribution < -0.4 is 10.1 Å². The largest absolute Gasteiger partial charge is 0.494 e. The number of amides is 1. The average Bonchev–Trinajstić information content (AvgIpc) is 2.72. The molecule has 6 nitrogen and oxygen atoms in total. The smallest absolute Gasteiger partial charge is 0.220 e. The number of piperidine rings is 1. The number of benzene rings is 1. The van der Waals surface area contributed by atoms with Crippen LogP contribution in [0.15, 0.2) is 30.3 Å². The molecule has 2 fully saturated rings. The number of likely N-dealkylation sites (tertiary alicyclic amines) is 1. The van der Waals surface area contributed by atoms with E-state index in [9.17, 15) is 4.79 Å². The number of hydrogen-bond acceptors (Lipinski definition) is 5. The third-order valence-electron chi connectivity index (χ3n) is 5.77. The van der Waals surface area contributed by atoms with Crippen molar-refractivity contribution in [3.63, 3.8) is 0 Å². The van der Waals surface area contributed by atoms with E-state index in [0.29, 0.717) is 13.0 Å². The fraction of sp³-hybridized carbons (Fsp3) is 0.667. The highest BCUT2D eigenvalue weighted by Gasteiger charge is 2.39. The maximum Gasteiger partial charge on any atom is 0.220 e. The minimum atomic E-state index is 0.0759. The van der Waals surface area contributed by atoms with Crippen molar-refractivity contribution in [2.75, 3.05) is 59.6 Å². The summed E-state index contributed by atoms with van der Waals surface area (Å²) in [6.07, 6.45) is 3.43. The van der Waals surface area contributed by atoms with Crippen LogP contribution >= 0.6 is 0 Å². The topological polar surface area (TPSA) is 54.0 Å². The summed E-state index contributed by atoms with van der Waals surface area (Å²) in [7, 11) is 2.18. The number of nitrogens with zero attached hydrogens (tertiary/aromatic N) is 2. The minimum Gasteiger partial charge on any atom is -0.494 e. The van der Waals surface area contributed by atoms with Crippen LogP contribution in [0.2, 0.25) is 0 Å². The maximum absolute atomic E-state index is 12.4. The molecule has 2 aliphatic rings. The van der Waals surface area contributed by atoms with Crippen LogP contribution in [0.3, 0.4) is 0 Å². The van der Waals surface area contributed by atoms with E-state index in [1.165, 1.54) is 0 Å². The molecule has 150 valence electrons. The highest BCUT2D eigenvalue weighted by atomic mass is 16.5. The first-order valence-corrected chi connectivity index (χ1v) is 10.1. The first-order chi connectivity index (χ1) is 13.2. The van der Waals surface area contributed by atoms with E-state index in [1.807, 2.05) is 30.3 Å². The van der Waals surface area contributed by atoms with Crippen molar-refractivity contribution in [3.05, 3.63) is 30.3 Å². The molecule has 1 aromatic rings. The van der Waals surface area contributed by atoms with Crippen LogP contribution in [0.5, 0.6) is 5.75 Å². The van der Waals surface area contributed by atoms with Crippen LogP contribution in [0.25, 0.3) is 0 Å². The first kappa shape index (κ1) is 20.1. The summed E-state index contributed by atoms with van der Waals surface area (Å²) >= 11 is 0. The van der Waals surface area contributed by atoms with E-state index in [2.05, 4.69) is 22.2 Å². The van der Waals surface area contributed by atoms with Gasteiger partial charge in [-0.05, 0) is 51.5 Å². The molecular formula is C21H33N3O3. The lowest BCUT2D eigenvalue weighted by molar-refractivity contribution is -0.122. The van der Waals surface area contributed by atoms with Crippen molar-refractivity contribution in [2.45, 2.75) is 31.2 Å². The molecule has 6 heteroatoms. The number of hydrogen-bond donors (Lipinski definition) is 1. The molecule has 2 saturated heterocycles. The Morgan fingerprint density at radius 1 is 1.15 bits per heavy atom. The Hall–Kier alpha value is -1.63. The Kier molecular flexibility index (Phi) is 7.50. The lowest BCUT2D eigenvalue weighted by Crippen LogP contribution is -2.62. The number of para-hydroxylation sites is 1. The second-order valence-electron chi connectivity index (χ2n) is 7.67. The van der Waals surface area contributed by atoms with Crippen molar-refractivity contribution < 1.29 is 14.3 Å². The Morgan fingerprint density at radius 3 is 2.56 bits per heavy atom. The predicted molar refractivity (Wildman–Crippen MR) is 106 cm³/mol. The van der Waals surface area contributed by atoms with Crippen LogP contribution in [-0.4, -0.2) is 80.8 Å². The third kappa shape index (κ3) is 5.92. The van der Waals surface area contributed by atoms with E-state index in [-0.39, 0.29) is 11.4 Å². The van der Waals surface area contributed by atoms with E-state index in [0.717, 1.165) is 70.9 Å². The lowest BCUT2D eigenvalue weighted by atomic mass is 9.85. The average molecular weight is 376 g/mol. The van der Waals surface area contributed by atoms with E-state index in [1.54, 1.807) is 0 Å². The molecule has 2 aliphatic heterocycles. The zero-order chi connectivity index (χ0) is 19.0. The molecular weight excluding hydrogens is 342 g/mol. The second kappa shape index (κ2) is 10.1. The molecule has 1 amide bonds. The lowest BCUT2D eigenvalue weighted by Gasteiger charge is -2.49. The standard InChI is InChI=1S/C21H33N3O3/c1-23-11-9-21(10-12-23,24-13-16-26-17-14-24)18-22-20(25)8-5-15-27-19-6-3-2-4-7-19/h2-4,6-7H,5,8-18H2,1H3,(H,22,25). The number of rotatable bonds is 8. The Bertz CT molecular complexity index is 567. The zero-order valence-corrected chi connectivity index (χ0v) is 16.5. The van der Waals surface area contributed by atoms with Gasteiger partial charge < -0.3 is 19.7 Å². The molecule has 27 heavy (non-hydrogen) atoms. The monoisotopic (exact) mass is 375 g/mol. The molecule has 3 rings (SSSR count). The first-order valence-electron chi connectivity index (χ1n) is 10.1. The number of morpholine rings is 1. The van der Waals surface area contributed by atoms with Crippen LogP contribution in [0.4, 0.5) is 0 Å². The summed E-state index contributed by atoms with van der Waals surface area (Å²) in [5.41, 5.74) is 0.0759. The summed E-state index contributed by atoms with van der Waals surface area (Å²) in [6.45, 7) is 6.98. The van der Waals surface area contributed by atoms with Gasteiger partial charge in [0.1, 0.15) is 5.75 Å². The molecule has 0 aromatic heterocycles. The molecule has 1 aromatic carbocycles. The Labute approximate surface area is 162 Å². The quantitative estimate of drug-likeness (QED) is 0.702. The number of carbonyl (C=O) groups is 1. The van der Waals surface area contributed by atoms with Crippen molar-refractivity contribution in [1.82, 2.24) is 15.1 Å². The van der Waals surface area contributed by atoms with Gasteiger partial charge in [-0.1, -0.05) is 18.2 Å². The fourth-order valence-electron chi connectivity index (χ4n) is 3.97. The molecule has 0 bridgehead atoms. The van der Waals surface area contributed by atoms with E-state index < -0.39 is 0 Å². The highest BCUT2D eigenvalue weighted by molar-refractivity contribution is 5.75. The van der Waals surface area contributed by atoms with Crippen molar-refractivity contribution in [1.29, 1.82) is 0 Å². The van der Waals surface area contributed by atoms with Gasteiger partial charge in [-0.25, -0.2) is 0 Å². The van der Waals surface area contributed by atoms with Gasteiger partial charge in [0.15, 0.2) is 0 Å². The van der Waals surface area contributed by atoms with E-state index >= 15 is 0 Å². The molecule has 0 aliphatic carbocycles. The molecule has 0 saturated carbocycles. The molecule has 0 unspecified atom stereocenters.